The highest BCUT2D eigenvalue weighted by Crippen LogP contribution is 2.66. The van der Waals surface area contributed by atoms with Crippen LogP contribution in [0.5, 0.6) is 0 Å². The first-order valence-corrected chi connectivity index (χ1v) is 9.75. The first-order chi connectivity index (χ1) is 12.1. The predicted molar refractivity (Wildman–Crippen MR) is 94.1 cm³/mol. The molecule has 5 nitrogen and oxygen atoms in total. The summed E-state index contributed by atoms with van der Waals surface area (Å²) in [6, 6.07) is 0. The van der Waals surface area contributed by atoms with Gasteiger partial charge in [-0.2, -0.15) is 0 Å². The minimum atomic E-state index is -1.40. The second-order valence-electron chi connectivity index (χ2n) is 9.46. The Kier molecular flexibility index (Phi) is 3.72. The van der Waals surface area contributed by atoms with Crippen LogP contribution >= 0.6 is 0 Å². The highest BCUT2D eigenvalue weighted by Gasteiger charge is 2.69. The predicted octanol–water partition coefficient (Wildman–Crippen LogP) is 1.84. The van der Waals surface area contributed by atoms with Crippen molar-refractivity contribution in [3.8, 4) is 0 Å². The molecule has 2 N–H and O–H groups in total. The van der Waals surface area contributed by atoms with Crippen molar-refractivity contribution in [2.75, 3.05) is 0 Å². The summed E-state index contributed by atoms with van der Waals surface area (Å²) in [5, 5.41) is 21.1. The van der Waals surface area contributed by atoms with Gasteiger partial charge in [0.15, 0.2) is 5.78 Å². The summed E-state index contributed by atoms with van der Waals surface area (Å²) in [7, 11) is 0. The van der Waals surface area contributed by atoms with Crippen LogP contribution in [0.1, 0.15) is 52.9 Å². The zero-order valence-corrected chi connectivity index (χ0v) is 15.7. The number of fused-ring (bicyclic) bond motifs is 5. The molecule has 5 heteroatoms. The monoisotopic (exact) mass is 360 g/mol. The van der Waals surface area contributed by atoms with Gasteiger partial charge in [-0.3, -0.25) is 14.4 Å². The van der Waals surface area contributed by atoms with Crippen LogP contribution < -0.4 is 0 Å². The molecular formula is C21H28O5. The van der Waals surface area contributed by atoms with Gasteiger partial charge in [0.25, 0.3) is 0 Å². The summed E-state index contributed by atoms with van der Waals surface area (Å²) >= 11 is 0. The lowest BCUT2D eigenvalue weighted by atomic mass is 9.44. The summed E-state index contributed by atoms with van der Waals surface area (Å²) in [5.74, 6) is -1.98. The third-order valence-corrected chi connectivity index (χ3v) is 8.57. The smallest absolute Gasteiger partial charge is 0.202 e. The number of Topliss-reactive ketones (excluding diaryl/α,β-unsaturated/α-hetero) is 3. The van der Waals surface area contributed by atoms with Gasteiger partial charge in [0, 0.05) is 17.3 Å². The SMILES string of the molecule is CC(=O)[C@@]1(O)CC[C@H]2[C@@H]3C(=O)C(=O)C4C[C@@H](O)C=C[C@]4(C)[C@H]3CC[C@@]21C. The van der Waals surface area contributed by atoms with E-state index in [0.29, 0.717) is 32.1 Å². The van der Waals surface area contributed by atoms with E-state index >= 15 is 0 Å². The zero-order chi connectivity index (χ0) is 19.1. The maximum atomic E-state index is 13.1. The normalized spacial score (nSPS) is 53.0. The second-order valence-corrected chi connectivity index (χ2v) is 9.46. The molecule has 142 valence electrons. The van der Waals surface area contributed by atoms with Crippen LogP contribution in [-0.4, -0.2) is 39.3 Å². The van der Waals surface area contributed by atoms with Crippen molar-refractivity contribution in [2.24, 2.45) is 34.5 Å². The lowest BCUT2D eigenvalue weighted by molar-refractivity contribution is -0.173. The van der Waals surface area contributed by atoms with Gasteiger partial charge in [0.1, 0.15) is 5.60 Å². The Labute approximate surface area is 153 Å². The average Bonchev–Trinajstić information content (AvgIpc) is 2.87. The Bertz CT molecular complexity index is 726. The Morgan fingerprint density at radius 1 is 1.12 bits per heavy atom. The third kappa shape index (κ3) is 1.96. The van der Waals surface area contributed by atoms with E-state index in [-0.39, 0.29) is 29.2 Å². The standard InChI is InChI=1S/C21H28O5/c1-11(22)21(26)9-6-14-16-13(5-8-20(14,21)3)19(2)7-4-12(23)10-15(19)17(24)18(16)25/h4,7,12-16,23,26H,5-6,8-10H2,1-3H3/t12-,13-,14-,15?,16+,19+,20-,21-/m0/s1. The highest BCUT2D eigenvalue weighted by molar-refractivity contribution is 6.39. The van der Waals surface area contributed by atoms with Crippen LogP contribution in [0.2, 0.25) is 0 Å². The molecular weight excluding hydrogens is 332 g/mol. The summed E-state index contributed by atoms with van der Waals surface area (Å²) in [6.07, 6.45) is 5.68. The number of carbonyl (C=O) groups excluding carboxylic acids is 3. The Morgan fingerprint density at radius 2 is 1.77 bits per heavy atom. The molecule has 8 atom stereocenters. The fourth-order valence-corrected chi connectivity index (χ4v) is 6.92. The van der Waals surface area contributed by atoms with E-state index in [2.05, 4.69) is 0 Å². The molecule has 0 spiro atoms. The number of aliphatic hydroxyl groups is 2. The average molecular weight is 360 g/mol. The summed E-state index contributed by atoms with van der Waals surface area (Å²) < 4.78 is 0. The molecule has 4 aliphatic carbocycles. The van der Waals surface area contributed by atoms with Gasteiger partial charge >= 0.3 is 0 Å². The molecule has 26 heavy (non-hydrogen) atoms. The number of ketones is 3. The summed E-state index contributed by atoms with van der Waals surface area (Å²) in [5.41, 5.74) is -2.49. The lowest BCUT2D eigenvalue weighted by Gasteiger charge is -2.58. The van der Waals surface area contributed by atoms with Gasteiger partial charge in [0.05, 0.1) is 6.10 Å². The fraction of sp³-hybridized carbons (Fsp3) is 0.762. The first-order valence-electron chi connectivity index (χ1n) is 9.75. The van der Waals surface area contributed by atoms with Crippen molar-refractivity contribution < 1.29 is 24.6 Å². The van der Waals surface area contributed by atoms with E-state index in [1.807, 2.05) is 19.9 Å². The minimum Gasteiger partial charge on any atom is -0.389 e. The van der Waals surface area contributed by atoms with Gasteiger partial charge < -0.3 is 10.2 Å². The number of hydrogen-bond acceptors (Lipinski definition) is 5. The van der Waals surface area contributed by atoms with Crippen molar-refractivity contribution in [2.45, 2.75) is 64.6 Å². The molecule has 3 saturated carbocycles. The van der Waals surface area contributed by atoms with E-state index in [1.165, 1.54) is 6.92 Å². The Morgan fingerprint density at radius 3 is 2.42 bits per heavy atom. The number of rotatable bonds is 1. The molecule has 4 aliphatic rings. The molecule has 0 saturated heterocycles. The van der Waals surface area contributed by atoms with E-state index < -0.39 is 34.4 Å². The molecule has 0 amide bonds. The van der Waals surface area contributed by atoms with Crippen LogP contribution in [0, 0.1) is 34.5 Å². The minimum absolute atomic E-state index is 0.0221. The van der Waals surface area contributed by atoms with Crippen LogP contribution in [0.4, 0.5) is 0 Å². The summed E-state index contributed by atoms with van der Waals surface area (Å²) in [6.45, 7) is 5.39. The van der Waals surface area contributed by atoms with Crippen LogP contribution in [0.3, 0.4) is 0 Å². The Balaban J connectivity index is 1.79. The van der Waals surface area contributed by atoms with E-state index in [1.54, 1.807) is 6.08 Å². The van der Waals surface area contributed by atoms with Gasteiger partial charge in [-0.1, -0.05) is 26.0 Å². The van der Waals surface area contributed by atoms with Gasteiger partial charge in [0.2, 0.25) is 11.6 Å². The fourth-order valence-electron chi connectivity index (χ4n) is 6.92. The molecule has 0 bridgehead atoms. The highest BCUT2D eigenvalue weighted by atomic mass is 16.3. The van der Waals surface area contributed by atoms with Crippen molar-refractivity contribution in [3.05, 3.63) is 12.2 Å². The van der Waals surface area contributed by atoms with Crippen molar-refractivity contribution >= 4 is 17.3 Å². The third-order valence-electron chi connectivity index (χ3n) is 8.57. The Hall–Kier alpha value is -1.33. The number of hydrogen-bond donors (Lipinski definition) is 2. The number of aliphatic hydroxyl groups excluding tert-OH is 1. The van der Waals surface area contributed by atoms with Crippen LogP contribution in [0.15, 0.2) is 12.2 Å². The van der Waals surface area contributed by atoms with Crippen molar-refractivity contribution in [1.82, 2.24) is 0 Å². The van der Waals surface area contributed by atoms with Crippen LogP contribution in [0.25, 0.3) is 0 Å². The van der Waals surface area contributed by atoms with Crippen LogP contribution in [-0.2, 0) is 14.4 Å². The molecule has 0 aliphatic heterocycles. The topological polar surface area (TPSA) is 91.7 Å². The largest absolute Gasteiger partial charge is 0.389 e. The quantitative estimate of drug-likeness (QED) is 0.550. The lowest BCUT2D eigenvalue weighted by Crippen LogP contribution is -2.62. The number of allylic oxidation sites excluding steroid dienone is 1. The van der Waals surface area contributed by atoms with Gasteiger partial charge in [-0.05, 0) is 56.3 Å². The van der Waals surface area contributed by atoms with Gasteiger partial charge in [-0.25, -0.2) is 0 Å². The van der Waals surface area contributed by atoms with Gasteiger partial charge in [-0.15, -0.1) is 0 Å². The maximum absolute atomic E-state index is 13.1. The molecule has 0 heterocycles. The molecule has 0 radical (unpaired) electrons. The maximum Gasteiger partial charge on any atom is 0.202 e. The molecule has 4 rings (SSSR count). The molecule has 3 fully saturated rings. The summed E-state index contributed by atoms with van der Waals surface area (Å²) in [4.78, 5) is 38.3. The van der Waals surface area contributed by atoms with E-state index in [9.17, 15) is 24.6 Å². The second kappa shape index (κ2) is 5.35. The zero-order valence-electron chi connectivity index (χ0n) is 15.7. The van der Waals surface area contributed by atoms with E-state index in [0.717, 1.165) is 0 Å². The molecule has 0 aromatic heterocycles. The molecule has 0 aromatic rings. The molecule has 1 unspecified atom stereocenters. The van der Waals surface area contributed by atoms with Crippen molar-refractivity contribution in [1.29, 1.82) is 0 Å². The van der Waals surface area contributed by atoms with E-state index in [4.69, 9.17) is 0 Å². The first kappa shape index (κ1) is 18.1. The van der Waals surface area contributed by atoms with Crippen molar-refractivity contribution in [3.63, 3.8) is 0 Å². The number of carbonyl (C=O) groups is 3. The molecule has 0 aromatic carbocycles.